The van der Waals surface area contributed by atoms with Crippen molar-refractivity contribution in [3.8, 4) is 5.75 Å². The van der Waals surface area contributed by atoms with Crippen molar-refractivity contribution < 1.29 is 4.74 Å². The minimum absolute atomic E-state index is 0.568. The van der Waals surface area contributed by atoms with Gasteiger partial charge in [0.05, 0.1) is 5.69 Å². The van der Waals surface area contributed by atoms with E-state index in [0.29, 0.717) is 6.61 Å². The molecular weight excluding hydrogens is 222 g/mol. The van der Waals surface area contributed by atoms with E-state index in [9.17, 15) is 0 Å². The normalized spacial score (nSPS) is 10.7. The van der Waals surface area contributed by atoms with Crippen molar-refractivity contribution in [3.05, 3.63) is 65.9 Å². The minimum Gasteiger partial charge on any atom is -0.487 e. The second-order valence-corrected chi connectivity index (χ2v) is 4.43. The fraction of sp³-hybridized carbons (Fsp3) is 0.125. The molecule has 0 spiro atoms. The van der Waals surface area contributed by atoms with Crippen molar-refractivity contribution in [2.45, 2.75) is 13.5 Å². The summed E-state index contributed by atoms with van der Waals surface area (Å²) in [6, 6.07) is 18.3. The van der Waals surface area contributed by atoms with E-state index >= 15 is 0 Å². The van der Waals surface area contributed by atoms with Gasteiger partial charge in [0.1, 0.15) is 12.4 Å². The van der Waals surface area contributed by atoms with Crippen LogP contribution in [0.4, 0.5) is 0 Å². The highest BCUT2D eigenvalue weighted by molar-refractivity contribution is 5.83. The molecule has 90 valence electrons. The molecule has 0 radical (unpaired) electrons. The first-order chi connectivity index (χ1) is 8.83. The van der Waals surface area contributed by atoms with Gasteiger partial charge in [-0.05, 0) is 36.8 Å². The smallest absolute Gasteiger partial charge is 0.128 e. The quantitative estimate of drug-likeness (QED) is 0.730. The van der Waals surface area contributed by atoms with E-state index in [2.05, 4.69) is 36.2 Å². The van der Waals surface area contributed by atoms with E-state index in [1.54, 1.807) is 0 Å². The summed E-state index contributed by atoms with van der Waals surface area (Å²) in [5.41, 5.74) is 3.56. The van der Waals surface area contributed by atoms with Gasteiger partial charge in [-0.3, -0.25) is 0 Å². The Morgan fingerprint density at radius 1 is 1.00 bits per heavy atom. The molecular formula is C16H15NO. The van der Waals surface area contributed by atoms with Crippen LogP contribution in [-0.2, 0) is 6.61 Å². The van der Waals surface area contributed by atoms with Gasteiger partial charge in [0.15, 0.2) is 0 Å². The molecule has 1 aromatic heterocycles. The number of hydrogen-bond donors (Lipinski definition) is 1. The van der Waals surface area contributed by atoms with E-state index in [1.807, 2.05) is 30.3 Å². The third kappa shape index (κ3) is 2.09. The Morgan fingerprint density at radius 2 is 1.83 bits per heavy atom. The lowest BCUT2D eigenvalue weighted by molar-refractivity contribution is 0.302. The maximum absolute atomic E-state index is 5.73. The van der Waals surface area contributed by atoms with Crippen LogP contribution < -0.4 is 4.74 Å². The highest BCUT2D eigenvalue weighted by Crippen LogP contribution is 2.20. The summed E-state index contributed by atoms with van der Waals surface area (Å²) < 4.78 is 5.73. The number of H-pyrrole nitrogens is 1. The van der Waals surface area contributed by atoms with Crippen LogP contribution >= 0.6 is 0 Å². The Morgan fingerprint density at radius 3 is 2.61 bits per heavy atom. The molecule has 0 aliphatic carbocycles. The third-order valence-corrected chi connectivity index (χ3v) is 3.08. The lowest BCUT2D eigenvalue weighted by atomic mass is 10.1. The van der Waals surface area contributed by atoms with E-state index in [0.717, 1.165) is 11.4 Å². The number of hydrogen-bond acceptors (Lipinski definition) is 1. The van der Waals surface area contributed by atoms with Gasteiger partial charge in [-0.2, -0.15) is 0 Å². The molecule has 0 unspecified atom stereocenters. The van der Waals surface area contributed by atoms with Crippen LogP contribution in [0.25, 0.3) is 10.9 Å². The first-order valence-corrected chi connectivity index (χ1v) is 6.08. The van der Waals surface area contributed by atoms with Gasteiger partial charge in [-0.15, -0.1) is 0 Å². The predicted molar refractivity (Wildman–Crippen MR) is 73.8 cm³/mol. The highest BCUT2D eigenvalue weighted by atomic mass is 16.5. The fourth-order valence-corrected chi connectivity index (χ4v) is 2.12. The van der Waals surface area contributed by atoms with Gasteiger partial charge in [0, 0.05) is 10.9 Å². The van der Waals surface area contributed by atoms with E-state index in [-0.39, 0.29) is 0 Å². The van der Waals surface area contributed by atoms with Crippen LogP contribution in [0.2, 0.25) is 0 Å². The van der Waals surface area contributed by atoms with Crippen molar-refractivity contribution in [1.82, 2.24) is 4.98 Å². The standard InChI is InChI=1S/C16H15NO/c1-12-6-5-9-16-15(12)10-13(17-16)11-18-14-7-3-2-4-8-14/h2-10,17H,11H2,1H3. The second kappa shape index (κ2) is 4.57. The number of para-hydroxylation sites is 1. The van der Waals surface area contributed by atoms with Gasteiger partial charge >= 0.3 is 0 Å². The Balaban J connectivity index is 1.81. The van der Waals surface area contributed by atoms with E-state index < -0.39 is 0 Å². The molecule has 0 saturated heterocycles. The summed E-state index contributed by atoms with van der Waals surface area (Å²) in [6.45, 7) is 2.69. The highest BCUT2D eigenvalue weighted by Gasteiger charge is 2.03. The van der Waals surface area contributed by atoms with Crippen LogP contribution in [0.3, 0.4) is 0 Å². The Hall–Kier alpha value is -2.22. The molecule has 0 atom stereocenters. The molecule has 2 aromatic carbocycles. The maximum atomic E-state index is 5.73. The fourth-order valence-electron chi connectivity index (χ4n) is 2.12. The predicted octanol–water partition coefficient (Wildman–Crippen LogP) is 4.06. The number of ether oxygens (including phenoxy) is 1. The molecule has 3 aromatic rings. The molecule has 3 rings (SSSR count). The summed E-state index contributed by atoms with van der Waals surface area (Å²) in [6.07, 6.45) is 0. The number of nitrogens with one attached hydrogen (secondary N) is 1. The minimum atomic E-state index is 0.568. The zero-order valence-electron chi connectivity index (χ0n) is 10.3. The molecule has 2 heteroatoms. The first-order valence-electron chi connectivity index (χ1n) is 6.08. The molecule has 18 heavy (non-hydrogen) atoms. The zero-order valence-corrected chi connectivity index (χ0v) is 10.3. The van der Waals surface area contributed by atoms with Crippen molar-refractivity contribution >= 4 is 10.9 Å². The van der Waals surface area contributed by atoms with Gasteiger partial charge in [0.2, 0.25) is 0 Å². The van der Waals surface area contributed by atoms with Gasteiger partial charge < -0.3 is 9.72 Å². The van der Waals surface area contributed by atoms with Crippen LogP contribution in [-0.4, -0.2) is 4.98 Å². The average molecular weight is 237 g/mol. The van der Waals surface area contributed by atoms with Crippen LogP contribution in [0.15, 0.2) is 54.6 Å². The molecule has 0 aliphatic heterocycles. The largest absolute Gasteiger partial charge is 0.487 e. The van der Waals surface area contributed by atoms with Gasteiger partial charge in [-0.25, -0.2) is 0 Å². The topological polar surface area (TPSA) is 25.0 Å². The number of aryl methyl sites for hydroxylation is 1. The Labute approximate surface area is 106 Å². The number of benzene rings is 2. The lowest BCUT2D eigenvalue weighted by Crippen LogP contribution is -1.94. The van der Waals surface area contributed by atoms with Crippen LogP contribution in [0.5, 0.6) is 5.75 Å². The Kier molecular flexibility index (Phi) is 2.77. The van der Waals surface area contributed by atoms with E-state index in [4.69, 9.17) is 4.74 Å². The zero-order chi connectivity index (χ0) is 12.4. The summed E-state index contributed by atoms with van der Waals surface area (Å²) in [5, 5.41) is 1.27. The summed E-state index contributed by atoms with van der Waals surface area (Å²) >= 11 is 0. The third-order valence-electron chi connectivity index (χ3n) is 3.08. The lowest BCUT2D eigenvalue weighted by Gasteiger charge is -2.03. The molecule has 1 N–H and O–H groups in total. The van der Waals surface area contributed by atoms with Crippen molar-refractivity contribution in [1.29, 1.82) is 0 Å². The van der Waals surface area contributed by atoms with E-state index in [1.165, 1.54) is 16.5 Å². The molecule has 0 aliphatic rings. The second-order valence-electron chi connectivity index (χ2n) is 4.43. The SMILES string of the molecule is Cc1cccc2[nH]c(COc3ccccc3)cc12. The Bertz CT molecular complexity index is 655. The number of fused-ring (bicyclic) bond motifs is 1. The first kappa shape index (κ1) is 10.9. The maximum Gasteiger partial charge on any atom is 0.128 e. The molecule has 0 saturated carbocycles. The average Bonchev–Trinajstić information content (AvgIpc) is 2.82. The number of aromatic nitrogens is 1. The molecule has 1 heterocycles. The number of aromatic amines is 1. The summed E-state index contributed by atoms with van der Waals surface area (Å²) in [5.74, 6) is 0.896. The monoisotopic (exact) mass is 237 g/mol. The number of rotatable bonds is 3. The molecule has 2 nitrogen and oxygen atoms in total. The van der Waals surface area contributed by atoms with Gasteiger partial charge in [0.25, 0.3) is 0 Å². The van der Waals surface area contributed by atoms with Crippen molar-refractivity contribution in [2.24, 2.45) is 0 Å². The van der Waals surface area contributed by atoms with Crippen molar-refractivity contribution in [2.75, 3.05) is 0 Å². The van der Waals surface area contributed by atoms with Crippen LogP contribution in [0, 0.1) is 6.92 Å². The molecule has 0 fully saturated rings. The molecule has 0 amide bonds. The summed E-state index contributed by atoms with van der Waals surface area (Å²) in [4.78, 5) is 3.38. The summed E-state index contributed by atoms with van der Waals surface area (Å²) in [7, 11) is 0. The van der Waals surface area contributed by atoms with Crippen molar-refractivity contribution in [3.63, 3.8) is 0 Å². The van der Waals surface area contributed by atoms with Crippen LogP contribution in [0.1, 0.15) is 11.3 Å². The molecule has 0 bridgehead atoms. The van der Waals surface area contributed by atoms with Gasteiger partial charge in [-0.1, -0.05) is 30.3 Å².